The van der Waals surface area contributed by atoms with Crippen LogP contribution in [0.2, 0.25) is 0 Å². The molecule has 0 fully saturated rings. The summed E-state index contributed by atoms with van der Waals surface area (Å²) in [6.45, 7) is 0.289. The monoisotopic (exact) mass is 354 g/mol. The summed E-state index contributed by atoms with van der Waals surface area (Å²) >= 11 is 0. The summed E-state index contributed by atoms with van der Waals surface area (Å²) in [6.07, 6.45) is -0.263. The third kappa shape index (κ3) is 4.25. The lowest BCUT2D eigenvalue weighted by Gasteiger charge is -2.13. The fraction of sp³-hybridized carbons (Fsp3) is 0.0952. The number of carboxylic acids is 1. The normalized spacial score (nSPS) is 10.5. The maximum absolute atomic E-state index is 14.0. The molecule has 0 heterocycles. The molecule has 0 amide bonds. The first-order valence-electron chi connectivity index (χ1n) is 8.00. The van der Waals surface area contributed by atoms with Gasteiger partial charge >= 0.3 is 5.97 Å². The molecular weight excluding hydrogens is 338 g/mol. The van der Waals surface area contributed by atoms with Crippen LogP contribution in [0.25, 0.3) is 11.1 Å². The topological polar surface area (TPSA) is 46.5 Å². The third-order valence-corrected chi connectivity index (χ3v) is 3.88. The Hall–Kier alpha value is -3.21. The highest BCUT2D eigenvalue weighted by molar-refractivity contribution is 5.74. The van der Waals surface area contributed by atoms with Crippen molar-refractivity contribution < 1.29 is 23.4 Å². The van der Waals surface area contributed by atoms with Crippen molar-refractivity contribution in [2.24, 2.45) is 0 Å². The standard InChI is InChI=1S/C21H16F2O3/c22-17-7-8-18(19(23)12-17)15-6-9-20(16(10-15)11-21(24)25)26-13-14-4-2-1-3-5-14/h1-10,12H,11,13H2,(H,24,25). The van der Waals surface area contributed by atoms with Gasteiger partial charge < -0.3 is 9.84 Å². The molecule has 5 heteroatoms. The molecule has 0 bridgehead atoms. The molecule has 0 spiro atoms. The van der Waals surface area contributed by atoms with E-state index < -0.39 is 17.6 Å². The van der Waals surface area contributed by atoms with E-state index in [1.165, 1.54) is 6.07 Å². The van der Waals surface area contributed by atoms with Crippen LogP contribution in [0.15, 0.2) is 66.7 Å². The second kappa shape index (κ2) is 7.78. The predicted molar refractivity (Wildman–Crippen MR) is 93.9 cm³/mol. The Morgan fingerprint density at radius 3 is 2.42 bits per heavy atom. The highest BCUT2D eigenvalue weighted by Gasteiger charge is 2.13. The first-order valence-corrected chi connectivity index (χ1v) is 8.00. The summed E-state index contributed by atoms with van der Waals surface area (Å²) in [6, 6.07) is 17.6. The lowest BCUT2D eigenvalue weighted by molar-refractivity contribution is -0.136. The van der Waals surface area contributed by atoms with Gasteiger partial charge in [0.25, 0.3) is 0 Å². The summed E-state index contributed by atoms with van der Waals surface area (Å²) in [5.41, 5.74) is 2.04. The highest BCUT2D eigenvalue weighted by Crippen LogP contribution is 2.29. The average Bonchev–Trinajstić information content (AvgIpc) is 2.61. The van der Waals surface area contributed by atoms with Crippen LogP contribution in [-0.4, -0.2) is 11.1 Å². The van der Waals surface area contributed by atoms with Gasteiger partial charge in [0.2, 0.25) is 0 Å². The van der Waals surface area contributed by atoms with Gasteiger partial charge in [-0.1, -0.05) is 36.4 Å². The van der Waals surface area contributed by atoms with Gasteiger partial charge in [0.1, 0.15) is 24.0 Å². The molecule has 0 atom stereocenters. The molecule has 0 saturated carbocycles. The van der Waals surface area contributed by atoms with Crippen LogP contribution in [0.1, 0.15) is 11.1 Å². The number of rotatable bonds is 6. The number of carboxylic acid groups (broad SMARTS) is 1. The number of carbonyl (C=O) groups is 1. The van der Waals surface area contributed by atoms with Crippen molar-refractivity contribution in [2.75, 3.05) is 0 Å². The van der Waals surface area contributed by atoms with E-state index in [-0.39, 0.29) is 18.6 Å². The number of benzene rings is 3. The van der Waals surface area contributed by atoms with Gasteiger partial charge in [0.05, 0.1) is 6.42 Å². The van der Waals surface area contributed by atoms with Gasteiger partial charge in [-0.15, -0.1) is 0 Å². The Balaban J connectivity index is 1.91. The zero-order valence-corrected chi connectivity index (χ0v) is 13.8. The van der Waals surface area contributed by atoms with Gasteiger partial charge in [0, 0.05) is 17.2 Å². The van der Waals surface area contributed by atoms with Crippen LogP contribution >= 0.6 is 0 Å². The zero-order valence-electron chi connectivity index (χ0n) is 13.8. The number of aliphatic carboxylic acids is 1. The van der Waals surface area contributed by atoms with Crippen molar-refractivity contribution >= 4 is 5.97 Å². The number of halogens is 2. The minimum Gasteiger partial charge on any atom is -0.489 e. The highest BCUT2D eigenvalue weighted by atomic mass is 19.1. The van der Waals surface area contributed by atoms with E-state index in [2.05, 4.69) is 0 Å². The second-order valence-corrected chi connectivity index (χ2v) is 5.79. The molecule has 132 valence electrons. The van der Waals surface area contributed by atoms with Gasteiger partial charge in [-0.25, -0.2) is 8.78 Å². The lowest BCUT2D eigenvalue weighted by Crippen LogP contribution is -2.04. The number of ether oxygens (including phenoxy) is 1. The van der Waals surface area contributed by atoms with E-state index in [1.807, 2.05) is 30.3 Å². The van der Waals surface area contributed by atoms with Crippen LogP contribution in [0, 0.1) is 11.6 Å². The molecule has 26 heavy (non-hydrogen) atoms. The predicted octanol–water partition coefficient (Wildman–Crippen LogP) is 4.84. The number of hydrogen-bond acceptors (Lipinski definition) is 2. The molecule has 0 radical (unpaired) electrons. The van der Waals surface area contributed by atoms with Crippen LogP contribution in [0.4, 0.5) is 8.78 Å². The summed E-state index contributed by atoms with van der Waals surface area (Å²) < 4.78 is 32.9. The Labute approximate surface area is 149 Å². The van der Waals surface area contributed by atoms with Gasteiger partial charge in [-0.2, -0.15) is 0 Å². The summed E-state index contributed by atoms with van der Waals surface area (Å²) in [5, 5.41) is 9.15. The Kier molecular flexibility index (Phi) is 5.27. The second-order valence-electron chi connectivity index (χ2n) is 5.79. The van der Waals surface area contributed by atoms with Crippen LogP contribution < -0.4 is 4.74 Å². The van der Waals surface area contributed by atoms with Crippen molar-refractivity contribution in [3.8, 4) is 16.9 Å². The largest absolute Gasteiger partial charge is 0.489 e. The van der Waals surface area contributed by atoms with Gasteiger partial charge in [0.15, 0.2) is 0 Å². The molecule has 0 aromatic heterocycles. The molecule has 0 aliphatic heterocycles. The van der Waals surface area contributed by atoms with Crippen molar-refractivity contribution in [2.45, 2.75) is 13.0 Å². The quantitative estimate of drug-likeness (QED) is 0.689. The smallest absolute Gasteiger partial charge is 0.307 e. The van der Waals surface area contributed by atoms with Crippen molar-refractivity contribution in [1.82, 2.24) is 0 Å². The lowest BCUT2D eigenvalue weighted by atomic mass is 10.0. The van der Waals surface area contributed by atoms with Crippen LogP contribution in [0.3, 0.4) is 0 Å². The van der Waals surface area contributed by atoms with E-state index >= 15 is 0 Å². The first kappa shape index (κ1) is 17.6. The molecule has 0 saturated heterocycles. The van der Waals surface area contributed by atoms with Crippen molar-refractivity contribution in [1.29, 1.82) is 0 Å². The minimum absolute atomic E-state index is 0.202. The van der Waals surface area contributed by atoms with Gasteiger partial charge in [-0.3, -0.25) is 4.79 Å². The Bertz CT molecular complexity index is 924. The fourth-order valence-corrected chi connectivity index (χ4v) is 2.65. The Morgan fingerprint density at radius 2 is 1.73 bits per heavy atom. The van der Waals surface area contributed by atoms with E-state index in [4.69, 9.17) is 9.84 Å². The van der Waals surface area contributed by atoms with E-state index in [1.54, 1.807) is 18.2 Å². The molecular formula is C21H16F2O3. The van der Waals surface area contributed by atoms with E-state index in [0.717, 1.165) is 17.7 Å². The van der Waals surface area contributed by atoms with E-state index in [0.29, 0.717) is 16.9 Å². The zero-order chi connectivity index (χ0) is 18.5. The van der Waals surface area contributed by atoms with Gasteiger partial charge in [-0.05, 0) is 35.4 Å². The first-order chi connectivity index (χ1) is 12.5. The Morgan fingerprint density at radius 1 is 0.962 bits per heavy atom. The number of hydrogen-bond donors (Lipinski definition) is 1. The minimum atomic E-state index is -1.02. The molecule has 3 nitrogen and oxygen atoms in total. The molecule has 0 aliphatic rings. The SMILES string of the molecule is O=C(O)Cc1cc(-c2ccc(F)cc2F)ccc1OCc1ccccc1. The molecule has 0 unspecified atom stereocenters. The molecule has 0 aliphatic carbocycles. The maximum Gasteiger partial charge on any atom is 0.307 e. The average molecular weight is 354 g/mol. The summed E-state index contributed by atoms with van der Waals surface area (Å²) in [5.74, 6) is -1.97. The van der Waals surface area contributed by atoms with E-state index in [9.17, 15) is 13.6 Å². The molecule has 3 aromatic carbocycles. The summed E-state index contributed by atoms with van der Waals surface area (Å²) in [7, 11) is 0. The van der Waals surface area contributed by atoms with Crippen LogP contribution in [-0.2, 0) is 17.8 Å². The summed E-state index contributed by atoms with van der Waals surface area (Å²) in [4.78, 5) is 11.2. The maximum atomic E-state index is 14.0. The fourth-order valence-electron chi connectivity index (χ4n) is 2.65. The van der Waals surface area contributed by atoms with Crippen molar-refractivity contribution in [3.63, 3.8) is 0 Å². The molecule has 3 aromatic rings. The molecule has 3 rings (SSSR count). The van der Waals surface area contributed by atoms with Crippen LogP contribution in [0.5, 0.6) is 5.75 Å². The third-order valence-electron chi connectivity index (χ3n) is 3.88. The molecule has 1 N–H and O–H groups in total. The van der Waals surface area contributed by atoms with Crippen molar-refractivity contribution in [3.05, 3.63) is 89.5 Å².